The molecule has 0 spiro atoms. The summed E-state index contributed by atoms with van der Waals surface area (Å²) in [6, 6.07) is 0. The molecule has 0 heterocycles. The van der Waals surface area contributed by atoms with Gasteiger partial charge >= 0.3 is 0 Å². The van der Waals surface area contributed by atoms with E-state index in [0.29, 0.717) is 17.9 Å². The van der Waals surface area contributed by atoms with Crippen LogP contribution in [0, 0.1) is 22.7 Å². The average molecular weight is 304 g/mol. The lowest BCUT2D eigenvalue weighted by molar-refractivity contribution is -0.129. The summed E-state index contributed by atoms with van der Waals surface area (Å²) in [5.74, 6) is 0.351. The summed E-state index contributed by atoms with van der Waals surface area (Å²) in [4.78, 5) is 12.1. The van der Waals surface area contributed by atoms with Crippen molar-refractivity contribution in [3.05, 3.63) is 23.8 Å². The Bertz CT molecular complexity index is 549. The van der Waals surface area contributed by atoms with Gasteiger partial charge in [0.05, 0.1) is 6.10 Å². The van der Waals surface area contributed by atoms with Gasteiger partial charge in [-0.3, -0.25) is 4.79 Å². The number of Topliss-reactive ketones (excluding diaryl/α,β-unsaturated/α-hetero) is 1. The molecule has 3 heteroatoms. The largest absolute Gasteiger partial charge is 0.389 e. The summed E-state index contributed by atoms with van der Waals surface area (Å²) in [6.45, 7) is 10.3. The van der Waals surface area contributed by atoms with Gasteiger partial charge in [-0.05, 0) is 72.8 Å². The molecule has 3 aliphatic carbocycles. The fourth-order valence-electron chi connectivity index (χ4n) is 5.27. The zero-order valence-electron chi connectivity index (χ0n) is 13.9. The smallest absolute Gasteiger partial charge is 0.187 e. The van der Waals surface area contributed by atoms with Crippen LogP contribution in [0.5, 0.6) is 0 Å². The van der Waals surface area contributed by atoms with E-state index in [1.165, 1.54) is 0 Å². The molecule has 22 heavy (non-hydrogen) atoms. The fraction of sp³-hybridized carbons (Fsp3) is 0.737. The number of allylic oxidation sites excluding steroid dienone is 1. The van der Waals surface area contributed by atoms with Crippen molar-refractivity contribution in [3.63, 3.8) is 0 Å². The number of fused-ring (bicyclic) bond motifs is 3. The van der Waals surface area contributed by atoms with E-state index in [0.717, 1.165) is 31.3 Å². The predicted octanol–water partition coefficient (Wildman–Crippen LogP) is 3.02. The van der Waals surface area contributed by atoms with Crippen molar-refractivity contribution in [2.75, 3.05) is 0 Å². The number of aliphatic hydroxyl groups excluding tert-OH is 2. The molecule has 0 aliphatic heterocycles. The van der Waals surface area contributed by atoms with E-state index in [2.05, 4.69) is 26.5 Å². The van der Waals surface area contributed by atoms with Crippen molar-refractivity contribution < 1.29 is 15.0 Å². The number of ketones is 1. The lowest BCUT2D eigenvalue weighted by atomic mass is 9.47. The third-order valence-electron chi connectivity index (χ3n) is 6.98. The van der Waals surface area contributed by atoms with Crippen LogP contribution in [0.1, 0.15) is 52.9 Å². The number of carbonyl (C=O) groups is 1. The second-order valence-corrected chi connectivity index (χ2v) is 8.27. The zero-order valence-corrected chi connectivity index (χ0v) is 13.9. The monoisotopic (exact) mass is 304 g/mol. The minimum atomic E-state index is -0.899. The maximum absolute atomic E-state index is 12.1. The molecular weight excluding hydrogens is 276 g/mol. The first-order valence-electron chi connectivity index (χ1n) is 8.46. The minimum absolute atomic E-state index is 0.0695. The Kier molecular flexibility index (Phi) is 3.65. The Morgan fingerprint density at radius 3 is 2.50 bits per heavy atom. The first kappa shape index (κ1) is 15.9. The van der Waals surface area contributed by atoms with Crippen molar-refractivity contribution in [1.82, 2.24) is 0 Å². The van der Waals surface area contributed by atoms with E-state index < -0.39 is 12.2 Å². The van der Waals surface area contributed by atoms with Gasteiger partial charge in [-0.1, -0.05) is 19.9 Å². The van der Waals surface area contributed by atoms with Crippen molar-refractivity contribution in [2.24, 2.45) is 22.7 Å². The molecule has 2 fully saturated rings. The van der Waals surface area contributed by atoms with E-state index in [1.807, 2.05) is 0 Å². The summed E-state index contributed by atoms with van der Waals surface area (Å²) in [5, 5.41) is 20.8. The number of hydrogen-bond acceptors (Lipinski definition) is 3. The van der Waals surface area contributed by atoms with Gasteiger partial charge in [0.2, 0.25) is 0 Å². The molecule has 0 aromatic rings. The molecule has 0 amide bonds. The Balaban J connectivity index is 2.02. The topological polar surface area (TPSA) is 57.5 Å². The predicted molar refractivity (Wildman–Crippen MR) is 86.2 cm³/mol. The van der Waals surface area contributed by atoms with Gasteiger partial charge in [-0.25, -0.2) is 0 Å². The molecule has 0 radical (unpaired) electrons. The minimum Gasteiger partial charge on any atom is -0.389 e. The van der Waals surface area contributed by atoms with E-state index in [-0.39, 0.29) is 22.5 Å². The van der Waals surface area contributed by atoms with Gasteiger partial charge in [-0.15, -0.1) is 6.58 Å². The normalized spacial score (nSPS) is 48.7. The first-order valence-corrected chi connectivity index (χ1v) is 8.46. The van der Waals surface area contributed by atoms with Gasteiger partial charge in [0, 0.05) is 0 Å². The van der Waals surface area contributed by atoms with E-state index in [1.54, 1.807) is 6.92 Å². The molecule has 0 aromatic heterocycles. The summed E-state index contributed by atoms with van der Waals surface area (Å²) < 4.78 is 0. The number of carbonyl (C=O) groups excluding carboxylic acids is 1. The van der Waals surface area contributed by atoms with Gasteiger partial charge in [0.1, 0.15) is 6.10 Å². The van der Waals surface area contributed by atoms with E-state index in [9.17, 15) is 15.0 Å². The van der Waals surface area contributed by atoms with Crippen molar-refractivity contribution in [3.8, 4) is 0 Å². The van der Waals surface area contributed by atoms with Crippen molar-refractivity contribution >= 4 is 5.78 Å². The Labute approximate surface area is 133 Å². The van der Waals surface area contributed by atoms with Crippen LogP contribution in [-0.2, 0) is 4.79 Å². The molecule has 0 unspecified atom stereocenters. The second kappa shape index (κ2) is 5.04. The second-order valence-electron chi connectivity index (χ2n) is 8.27. The number of aliphatic hydroxyl groups is 2. The summed E-state index contributed by atoms with van der Waals surface area (Å²) in [5.41, 5.74) is 1.73. The Morgan fingerprint density at radius 2 is 1.86 bits per heavy atom. The molecule has 3 aliphatic rings. The Morgan fingerprint density at radius 1 is 1.18 bits per heavy atom. The van der Waals surface area contributed by atoms with Crippen LogP contribution in [-0.4, -0.2) is 28.2 Å². The van der Waals surface area contributed by atoms with E-state index >= 15 is 0 Å². The highest BCUT2D eigenvalue weighted by Crippen LogP contribution is 2.61. The molecule has 0 saturated heterocycles. The van der Waals surface area contributed by atoms with Crippen LogP contribution in [0.3, 0.4) is 0 Å². The van der Waals surface area contributed by atoms with Gasteiger partial charge < -0.3 is 10.2 Å². The van der Waals surface area contributed by atoms with Crippen molar-refractivity contribution in [2.45, 2.75) is 65.1 Å². The van der Waals surface area contributed by atoms with Crippen LogP contribution in [0.4, 0.5) is 0 Å². The standard InChI is InChI=1S/C19H28O3/c1-5-18(3)6-7-19(4)12(10-18)8-14(20)16-11(2)17(22)15(21)9-13(16)19/h5,12-15,20-21H,1,6-10H2,2-4H3/t12-,13-,14+,15+,18-,19-/m0/s1. The zero-order chi connectivity index (χ0) is 16.3. The SMILES string of the molecule is C=C[C@@]1(C)CC[C@@]2(C)[C@@H](C[C@@H](O)C3=C(C)C(=O)[C@H](O)C[C@@H]32)C1. The summed E-state index contributed by atoms with van der Waals surface area (Å²) >= 11 is 0. The molecule has 0 aromatic carbocycles. The fourth-order valence-corrected chi connectivity index (χ4v) is 5.27. The molecule has 2 saturated carbocycles. The molecule has 3 rings (SSSR count). The van der Waals surface area contributed by atoms with Gasteiger partial charge in [0.25, 0.3) is 0 Å². The summed E-state index contributed by atoms with van der Waals surface area (Å²) in [7, 11) is 0. The van der Waals surface area contributed by atoms with Gasteiger partial charge in [-0.2, -0.15) is 0 Å². The molecule has 0 bridgehead atoms. The maximum Gasteiger partial charge on any atom is 0.187 e. The third kappa shape index (κ3) is 2.13. The lowest BCUT2D eigenvalue weighted by Gasteiger charge is -2.58. The molecule has 6 atom stereocenters. The third-order valence-corrected chi connectivity index (χ3v) is 6.98. The Hall–Kier alpha value is -0.930. The maximum atomic E-state index is 12.1. The van der Waals surface area contributed by atoms with Gasteiger partial charge in [0.15, 0.2) is 5.78 Å². The molecule has 2 N–H and O–H groups in total. The first-order chi connectivity index (χ1) is 10.2. The van der Waals surface area contributed by atoms with Crippen LogP contribution < -0.4 is 0 Å². The summed E-state index contributed by atoms with van der Waals surface area (Å²) in [6.07, 6.45) is 5.02. The lowest BCUT2D eigenvalue weighted by Crippen LogP contribution is -2.53. The van der Waals surface area contributed by atoms with Crippen LogP contribution in [0.15, 0.2) is 23.8 Å². The quantitative estimate of drug-likeness (QED) is 0.732. The molecule has 3 nitrogen and oxygen atoms in total. The molecular formula is C19H28O3. The highest BCUT2D eigenvalue weighted by atomic mass is 16.3. The highest BCUT2D eigenvalue weighted by molar-refractivity contribution is 6.00. The average Bonchev–Trinajstić information content (AvgIpc) is 2.47. The molecule has 122 valence electrons. The van der Waals surface area contributed by atoms with Crippen molar-refractivity contribution in [1.29, 1.82) is 0 Å². The van der Waals surface area contributed by atoms with E-state index in [4.69, 9.17) is 0 Å². The number of hydrogen-bond donors (Lipinski definition) is 2. The van der Waals surface area contributed by atoms with Crippen LogP contribution >= 0.6 is 0 Å². The van der Waals surface area contributed by atoms with Crippen LogP contribution in [0.25, 0.3) is 0 Å². The number of rotatable bonds is 1. The highest BCUT2D eigenvalue weighted by Gasteiger charge is 2.55. The van der Waals surface area contributed by atoms with Crippen LogP contribution in [0.2, 0.25) is 0 Å².